The number of methoxy groups -OCH3 is 1. The topological polar surface area (TPSA) is 38.5 Å². The van der Waals surface area contributed by atoms with Gasteiger partial charge in [0, 0.05) is 6.54 Å². The second-order valence-electron chi connectivity index (χ2n) is 4.88. The molecule has 0 amide bonds. The van der Waals surface area contributed by atoms with Gasteiger partial charge >= 0.3 is 0 Å². The number of benzene rings is 1. The lowest BCUT2D eigenvalue weighted by Gasteiger charge is -2.26. The Morgan fingerprint density at radius 3 is 2.74 bits per heavy atom. The van der Waals surface area contributed by atoms with Crippen LogP contribution < -0.4 is 10.5 Å². The van der Waals surface area contributed by atoms with Crippen LogP contribution in [0.4, 0.5) is 0 Å². The van der Waals surface area contributed by atoms with Crippen LogP contribution in [0, 0.1) is 11.8 Å². The molecule has 1 heterocycles. The summed E-state index contributed by atoms with van der Waals surface area (Å²) in [6, 6.07) is 6.25. The van der Waals surface area contributed by atoms with Crippen molar-refractivity contribution in [3.05, 3.63) is 29.3 Å². The predicted molar refractivity (Wildman–Crippen MR) is 78.1 cm³/mol. The smallest absolute Gasteiger partial charge is 0.134 e. The average molecular weight is 258 g/mol. The van der Waals surface area contributed by atoms with Crippen LogP contribution in [0.3, 0.4) is 0 Å². The summed E-state index contributed by atoms with van der Waals surface area (Å²) < 4.78 is 5.33. The first kappa shape index (κ1) is 13.9. The van der Waals surface area contributed by atoms with E-state index in [0.29, 0.717) is 6.54 Å². The first-order valence-electron chi connectivity index (χ1n) is 6.91. The van der Waals surface area contributed by atoms with Crippen LogP contribution in [0.2, 0.25) is 0 Å². The van der Waals surface area contributed by atoms with Gasteiger partial charge in [-0.1, -0.05) is 24.3 Å². The molecule has 2 N–H and O–H groups in total. The molecule has 0 bridgehead atoms. The van der Waals surface area contributed by atoms with Crippen molar-refractivity contribution in [1.29, 1.82) is 0 Å². The van der Waals surface area contributed by atoms with E-state index in [1.165, 1.54) is 37.9 Å². The van der Waals surface area contributed by atoms with Gasteiger partial charge in [0.15, 0.2) is 0 Å². The van der Waals surface area contributed by atoms with Crippen molar-refractivity contribution in [2.75, 3.05) is 26.7 Å². The number of likely N-dealkylation sites (tertiary alicyclic amines) is 1. The third-order valence-electron chi connectivity index (χ3n) is 3.44. The number of hydrogen-bond donors (Lipinski definition) is 1. The van der Waals surface area contributed by atoms with Gasteiger partial charge < -0.3 is 10.5 Å². The van der Waals surface area contributed by atoms with Gasteiger partial charge in [-0.05, 0) is 43.6 Å². The first-order valence-corrected chi connectivity index (χ1v) is 6.91. The Kier molecular flexibility index (Phi) is 5.26. The van der Waals surface area contributed by atoms with Crippen LogP contribution in [-0.2, 0) is 6.54 Å². The standard InChI is InChI=1S/C16H22N2O/c1-19-16-8-7-14(12-15(16)6-5-9-17)13-18-10-3-2-4-11-18/h7-8,12H,2-4,9-11,13,17H2,1H3. The SMILES string of the molecule is COc1ccc(CN2CCCCC2)cc1C#CCN. The molecule has 0 saturated carbocycles. The zero-order valence-corrected chi connectivity index (χ0v) is 11.6. The molecule has 1 aliphatic heterocycles. The fourth-order valence-electron chi connectivity index (χ4n) is 2.47. The quantitative estimate of drug-likeness (QED) is 0.843. The molecule has 0 unspecified atom stereocenters. The van der Waals surface area contributed by atoms with Gasteiger partial charge in [0.05, 0.1) is 19.2 Å². The Bertz CT molecular complexity index is 467. The molecule has 0 atom stereocenters. The minimum atomic E-state index is 0.375. The van der Waals surface area contributed by atoms with Crippen molar-refractivity contribution in [2.45, 2.75) is 25.8 Å². The van der Waals surface area contributed by atoms with E-state index in [9.17, 15) is 0 Å². The molecule has 102 valence electrons. The molecule has 1 aliphatic rings. The largest absolute Gasteiger partial charge is 0.495 e. The predicted octanol–water partition coefficient (Wildman–Crippen LogP) is 1.99. The summed E-state index contributed by atoms with van der Waals surface area (Å²) >= 11 is 0. The molecule has 1 saturated heterocycles. The summed E-state index contributed by atoms with van der Waals surface area (Å²) in [5.41, 5.74) is 7.66. The van der Waals surface area contributed by atoms with E-state index >= 15 is 0 Å². The van der Waals surface area contributed by atoms with Crippen molar-refractivity contribution >= 4 is 0 Å². The summed E-state index contributed by atoms with van der Waals surface area (Å²) in [5.74, 6) is 6.80. The van der Waals surface area contributed by atoms with Crippen LogP contribution >= 0.6 is 0 Å². The molecule has 1 fully saturated rings. The van der Waals surface area contributed by atoms with Gasteiger partial charge in [0.1, 0.15) is 5.75 Å². The highest BCUT2D eigenvalue weighted by atomic mass is 16.5. The Morgan fingerprint density at radius 2 is 2.05 bits per heavy atom. The van der Waals surface area contributed by atoms with Gasteiger partial charge in [0.2, 0.25) is 0 Å². The fourth-order valence-corrected chi connectivity index (χ4v) is 2.47. The molecule has 0 radical (unpaired) electrons. The van der Waals surface area contributed by atoms with E-state index in [2.05, 4.69) is 28.9 Å². The van der Waals surface area contributed by atoms with Crippen LogP contribution in [0.15, 0.2) is 18.2 Å². The molecule has 19 heavy (non-hydrogen) atoms. The molecule has 3 heteroatoms. The number of hydrogen-bond acceptors (Lipinski definition) is 3. The van der Waals surface area contributed by atoms with E-state index in [1.807, 2.05) is 6.07 Å². The zero-order valence-electron chi connectivity index (χ0n) is 11.6. The average Bonchev–Trinajstić information content (AvgIpc) is 2.46. The zero-order chi connectivity index (χ0) is 13.5. The lowest BCUT2D eigenvalue weighted by atomic mass is 10.1. The Morgan fingerprint density at radius 1 is 1.26 bits per heavy atom. The molecule has 3 nitrogen and oxygen atoms in total. The molecular weight excluding hydrogens is 236 g/mol. The summed E-state index contributed by atoms with van der Waals surface area (Å²) in [6.07, 6.45) is 4.00. The third-order valence-corrected chi connectivity index (χ3v) is 3.44. The maximum Gasteiger partial charge on any atom is 0.134 e. The third kappa shape index (κ3) is 3.99. The van der Waals surface area contributed by atoms with Gasteiger partial charge in [-0.15, -0.1) is 0 Å². The molecule has 0 aromatic heterocycles. The van der Waals surface area contributed by atoms with E-state index in [-0.39, 0.29) is 0 Å². The highest BCUT2D eigenvalue weighted by Crippen LogP contribution is 2.21. The first-order chi connectivity index (χ1) is 9.33. The van der Waals surface area contributed by atoms with E-state index in [4.69, 9.17) is 10.5 Å². The summed E-state index contributed by atoms with van der Waals surface area (Å²) in [4.78, 5) is 2.51. The Labute approximate surface area is 115 Å². The van der Waals surface area contributed by atoms with Crippen molar-refractivity contribution < 1.29 is 4.74 Å². The number of nitrogens with zero attached hydrogens (tertiary/aromatic N) is 1. The van der Waals surface area contributed by atoms with Crippen LogP contribution in [0.5, 0.6) is 5.75 Å². The Balaban J connectivity index is 2.12. The lowest BCUT2D eigenvalue weighted by molar-refractivity contribution is 0.221. The van der Waals surface area contributed by atoms with Gasteiger partial charge in [-0.25, -0.2) is 0 Å². The van der Waals surface area contributed by atoms with E-state index in [1.54, 1.807) is 7.11 Å². The second-order valence-corrected chi connectivity index (χ2v) is 4.88. The minimum absolute atomic E-state index is 0.375. The second kappa shape index (κ2) is 7.18. The van der Waals surface area contributed by atoms with Gasteiger partial charge in [0.25, 0.3) is 0 Å². The molecule has 2 rings (SSSR count). The molecule has 1 aromatic rings. The highest BCUT2D eigenvalue weighted by Gasteiger charge is 2.11. The number of piperidine rings is 1. The minimum Gasteiger partial charge on any atom is -0.495 e. The fraction of sp³-hybridized carbons (Fsp3) is 0.500. The maximum atomic E-state index is 5.43. The summed E-state index contributed by atoms with van der Waals surface area (Å²) in [7, 11) is 1.67. The molecular formula is C16H22N2O. The van der Waals surface area contributed by atoms with Crippen molar-refractivity contribution in [3.63, 3.8) is 0 Å². The van der Waals surface area contributed by atoms with Crippen molar-refractivity contribution in [1.82, 2.24) is 4.90 Å². The monoisotopic (exact) mass is 258 g/mol. The van der Waals surface area contributed by atoms with Crippen molar-refractivity contribution in [3.8, 4) is 17.6 Å². The van der Waals surface area contributed by atoms with Crippen LogP contribution in [0.25, 0.3) is 0 Å². The van der Waals surface area contributed by atoms with Crippen LogP contribution in [0.1, 0.15) is 30.4 Å². The number of nitrogens with two attached hydrogens (primary N) is 1. The summed E-state index contributed by atoms with van der Waals surface area (Å²) in [5, 5.41) is 0. The molecule has 1 aromatic carbocycles. The number of ether oxygens (including phenoxy) is 1. The van der Waals surface area contributed by atoms with E-state index in [0.717, 1.165) is 17.9 Å². The summed E-state index contributed by atoms with van der Waals surface area (Å²) in [6.45, 7) is 3.78. The van der Waals surface area contributed by atoms with Gasteiger partial charge in [-0.2, -0.15) is 0 Å². The number of rotatable bonds is 3. The molecule has 0 spiro atoms. The van der Waals surface area contributed by atoms with E-state index < -0.39 is 0 Å². The van der Waals surface area contributed by atoms with Crippen LogP contribution in [-0.4, -0.2) is 31.6 Å². The van der Waals surface area contributed by atoms with Gasteiger partial charge in [-0.3, -0.25) is 4.90 Å². The highest BCUT2D eigenvalue weighted by molar-refractivity contribution is 5.48. The molecule has 0 aliphatic carbocycles. The lowest BCUT2D eigenvalue weighted by Crippen LogP contribution is -2.29. The normalized spacial score (nSPS) is 15.7. The maximum absolute atomic E-state index is 5.43. The Hall–Kier alpha value is -1.50. The van der Waals surface area contributed by atoms with Crippen molar-refractivity contribution in [2.24, 2.45) is 5.73 Å².